The molecule has 0 aliphatic carbocycles. The monoisotopic (exact) mass is 300 g/mol. The molecule has 2 atom stereocenters. The maximum absolute atomic E-state index is 13.4. The van der Waals surface area contributed by atoms with Gasteiger partial charge in [0.15, 0.2) is 0 Å². The summed E-state index contributed by atoms with van der Waals surface area (Å²) in [7, 11) is 1.73. The van der Waals surface area contributed by atoms with E-state index in [2.05, 4.69) is 19.2 Å². The first-order valence-electron chi connectivity index (χ1n) is 7.42. The van der Waals surface area contributed by atoms with Crippen LogP contribution in [0.25, 0.3) is 0 Å². The number of nitrogens with zero attached hydrogens (tertiary/aromatic N) is 1. The quantitative estimate of drug-likeness (QED) is 0.910. The third-order valence-corrected chi connectivity index (χ3v) is 4.42. The highest BCUT2D eigenvalue weighted by molar-refractivity contribution is 5.57. The van der Waals surface area contributed by atoms with E-state index in [0.29, 0.717) is 42.7 Å². The first kappa shape index (κ1) is 16.1. The van der Waals surface area contributed by atoms with Gasteiger partial charge in [-0.25, -0.2) is 0 Å². The number of rotatable bonds is 3. The number of halogens is 3. The predicted molar refractivity (Wildman–Crippen MR) is 79.4 cm³/mol. The van der Waals surface area contributed by atoms with Crippen molar-refractivity contribution in [2.24, 2.45) is 11.8 Å². The summed E-state index contributed by atoms with van der Waals surface area (Å²) >= 11 is 0. The summed E-state index contributed by atoms with van der Waals surface area (Å²) in [6.07, 6.45) is -3.37. The molecule has 118 valence electrons. The van der Waals surface area contributed by atoms with Crippen LogP contribution in [0.5, 0.6) is 0 Å². The van der Waals surface area contributed by atoms with E-state index in [0.717, 1.165) is 6.42 Å². The molecule has 5 heteroatoms. The van der Waals surface area contributed by atoms with Crippen LogP contribution < -0.4 is 10.2 Å². The van der Waals surface area contributed by atoms with Crippen molar-refractivity contribution in [1.29, 1.82) is 0 Å². The average molecular weight is 300 g/mol. The van der Waals surface area contributed by atoms with Crippen LogP contribution in [-0.4, -0.2) is 20.1 Å². The van der Waals surface area contributed by atoms with E-state index < -0.39 is 11.7 Å². The molecular weight excluding hydrogens is 277 g/mol. The Morgan fingerprint density at radius 1 is 1.24 bits per heavy atom. The van der Waals surface area contributed by atoms with Crippen molar-refractivity contribution in [3.63, 3.8) is 0 Å². The summed E-state index contributed by atoms with van der Waals surface area (Å²) in [4.78, 5) is 1.89. The molecule has 1 aromatic carbocycles. The van der Waals surface area contributed by atoms with E-state index in [9.17, 15) is 13.2 Å². The van der Waals surface area contributed by atoms with Crippen molar-refractivity contribution in [2.75, 3.05) is 25.0 Å². The second-order valence-corrected chi connectivity index (χ2v) is 6.07. The zero-order valence-corrected chi connectivity index (χ0v) is 12.8. The lowest BCUT2D eigenvalue weighted by Crippen LogP contribution is -2.39. The number of nitrogens with one attached hydrogen (secondary N) is 1. The minimum atomic E-state index is -4.31. The molecule has 2 nitrogen and oxygen atoms in total. The highest BCUT2D eigenvalue weighted by atomic mass is 19.4. The molecule has 1 aliphatic heterocycles. The molecule has 2 rings (SSSR count). The van der Waals surface area contributed by atoms with Gasteiger partial charge in [-0.1, -0.05) is 19.9 Å². The number of piperidine rings is 1. The standard InChI is InChI=1S/C16H23F3N2/c1-11-6-7-21(10-12(11)2)15-5-4-13(9-20-3)8-14(15)16(17,18)19/h4-5,8,11-12,20H,6-7,9-10H2,1-3H3. The van der Waals surface area contributed by atoms with Gasteiger partial charge in [0.25, 0.3) is 0 Å². The van der Waals surface area contributed by atoms with Gasteiger partial charge in [0.1, 0.15) is 0 Å². The van der Waals surface area contributed by atoms with Crippen molar-refractivity contribution in [3.8, 4) is 0 Å². The number of anilines is 1. The van der Waals surface area contributed by atoms with Crippen LogP contribution in [0.1, 0.15) is 31.4 Å². The highest BCUT2D eigenvalue weighted by Crippen LogP contribution is 2.39. The fourth-order valence-corrected chi connectivity index (χ4v) is 2.88. The average Bonchev–Trinajstić information content (AvgIpc) is 2.41. The third kappa shape index (κ3) is 3.70. The number of hydrogen-bond acceptors (Lipinski definition) is 2. The van der Waals surface area contributed by atoms with Crippen LogP contribution in [0.2, 0.25) is 0 Å². The van der Waals surface area contributed by atoms with E-state index in [1.165, 1.54) is 6.07 Å². The molecule has 21 heavy (non-hydrogen) atoms. The molecule has 0 bridgehead atoms. The second-order valence-electron chi connectivity index (χ2n) is 6.07. The first-order valence-corrected chi connectivity index (χ1v) is 7.42. The van der Waals surface area contributed by atoms with Gasteiger partial charge in [0.2, 0.25) is 0 Å². The van der Waals surface area contributed by atoms with Gasteiger partial charge in [-0.15, -0.1) is 0 Å². The predicted octanol–water partition coefficient (Wildman–Crippen LogP) is 3.91. The van der Waals surface area contributed by atoms with Crippen molar-refractivity contribution < 1.29 is 13.2 Å². The van der Waals surface area contributed by atoms with Gasteiger partial charge in [0.05, 0.1) is 5.56 Å². The van der Waals surface area contributed by atoms with E-state index in [4.69, 9.17) is 0 Å². The Morgan fingerprint density at radius 3 is 2.52 bits per heavy atom. The molecule has 1 saturated heterocycles. The van der Waals surface area contributed by atoms with Crippen LogP contribution in [-0.2, 0) is 12.7 Å². The summed E-state index contributed by atoms with van der Waals surface area (Å²) in [6.45, 7) is 6.11. The number of hydrogen-bond donors (Lipinski definition) is 1. The Balaban J connectivity index is 2.34. The zero-order valence-electron chi connectivity index (χ0n) is 12.8. The third-order valence-electron chi connectivity index (χ3n) is 4.42. The van der Waals surface area contributed by atoms with Gasteiger partial charge in [0, 0.05) is 25.3 Å². The lowest BCUT2D eigenvalue weighted by Gasteiger charge is -2.38. The van der Waals surface area contributed by atoms with Crippen molar-refractivity contribution in [3.05, 3.63) is 29.3 Å². The number of alkyl halides is 3. The van der Waals surface area contributed by atoms with E-state index in [1.807, 2.05) is 4.90 Å². The van der Waals surface area contributed by atoms with E-state index >= 15 is 0 Å². The van der Waals surface area contributed by atoms with Gasteiger partial charge >= 0.3 is 6.18 Å². The normalized spacial score (nSPS) is 23.4. The van der Waals surface area contributed by atoms with Gasteiger partial charge < -0.3 is 10.2 Å². The largest absolute Gasteiger partial charge is 0.418 e. The molecule has 1 fully saturated rings. The van der Waals surface area contributed by atoms with Gasteiger partial charge in [-0.2, -0.15) is 13.2 Å². The summed E-state index contributed by atoms with van der Waals surface area (Å²) in [6, 6.07) is 4.68. The summed E-state index contributed by atoms with van der Waals surface area (Å²) in [5.74, 6) is 0.982. The fraction of sp³-hybridized carbons (Fsp3) is 0.625. The molecule has 1 aromatic rings. The van der Waals surface area contributed by atoms with Crippen LogP contribution >= 0.6 is 0 Å². The first-order chi connectivity index (χ1) is 9.82. The maximum atomic E-state index is 13.4. The smallest absolute Gasteiger partial charge is 0.371 e. The van der Waals surface area contributed by atoms with E-state index in [-0.39, 0.29) is 0 Å². The Kier molecular flexibility index (Phi) is 4.81. The van der Waals surface area contributed by atoms with Crippen LogP contribution in [0.15, 0.2) is 18.2 Å². The van der Waals surface area contributed by atoms with Crippen molar-refractivity contribution in [1.82, 2.24) is 5.32 Å². The molecule has 1 heterocycles. The second kappa shape index (κ2) is 6.26. The molecule has 0 aromatic heterocycles. The molecular formula is C16H23F3N2. The van der Waals surface area contributed by atoms with Crippen LogP contribution in [0.4, 0.5) is 18.9 Å². The zero-order chi connectivity index (χ0) is 15.6. The summed E-state index contributed by atoms with van der Waals surface area (Å²) in [5, 5.41) is 2.89. The Hall–Kier alpha value is -1.23. The SMILES string of the molecule is CNCc1ccc(N2CCC(C)C(C)C2)c(C(F)(F)F)c1. The van der Waals surface area contributed by atoms with E-state index in [1.54, 1.807) is 19.2 Å². The lowest BCUT2D eigenvalue weighted by atomic mass is 9.88. The number of benzene rings is 1. The van der Waals surface area contributed by atoms with Crippen molar-refractivity contribution >= 4 is 5.69 Å². The topological polar surface area (TPSA) is 15.3 Å². The van der Waals surface area contributed by atoms with Gasteiger partial charge in [-0.05, 0) is 43.0 Å². The van der Waals surface area contributed by atoms with Crippen LogP contribution in [0, 0.1) is 11.8 Å². The fourth-order valence-electron chi connectivity index (χ4n) is 2.88. The minimum absolute atomic E-state index is 0.320. The molecule has 0 radical (unpaired) electrons. The highest BCUT2D eigenvalue weighted by Gasteiger charge is 2.36. The van der Waals surface area contributed by atoms with Crippen molar-refractivity contribution in [2.45, 2.75) is 33.0 Å². The molecule has 1 aliphatic rings. The molecule has 2 unspecified atom stereocenters. The molecule has 0 amide bonds. The Labute approximate surface area is 124 Å². The maximum Gasteiger partial charge on any atom is 0.418 e. The Morgan fingerprint density at radius 2 is 1.95 bits per heavy atom. The summed E-state index contributed by atoms with van der Waals surface area (Å²) < 4.78 is 40.1. The lowest BCUT2D eigenvalue weighted by molar-refractivity contribution is -0.137. The Bertz CT molecular complexity index is 485. The van der Waals surface area contributed by atoms with Gasteiger partial charge in [-0.3, -0.25) is 0 Å². The molecule has 0 spiro atoms. The molecule has 0 saturated carbocycles. The summed E-state index contributed by atoms with van der Waals surface area (Å²) in [5.41, 5.74) is 0.463. The minimum Gasteiger partial charge on any atom is -0.371 e. The molecule has 1 N–H and O–H groups in total. The van der Waals surface area contributed by atoms with Crippen LogP contribution in [0.3, 0.4) is 0 Å².